The summed E-state index contributed by atoms with van der Waals surface area (Å²) in [4.78, 5) is 8.10. The molecule has 0 spiro atoms. The number of rotatable bonds is 8. The Bertz CT molecular complexity index is 352. The van der Waals surface area contributed by atoms with E-state index in [0.717, 1.165) is 37.1 Å². The first-order chi connectivity index (χ1) is 8.54. The minimum atomic E-state index is 0.505. The molecular formula is C13H25N3OS. The van der Waals surface area contributed by atoms with Gasteiger partial charge in [0.15, 0.2) is 5.13 Å². The van der Waals surface area contributed by atoms with Crippen molar-refractivity contribution < 1.29 is 4.74 Å². The monoisotopic (exact) mass is 271 g/mol. The Kier molecular flexibility index (Phi) is 6.60. The van der Waals surface area contributed by atoms with Crippen LogP contribution in [0.2, 0.25) is 0 Å². The van der Waals surface area contributed by atoms with Crippen molar-refractivity contribution in [2.24, 2.45) is 0 Å². The summed E-state index contributed by atoms with van der Waals surface area (Å²) >= 11 is 1.76. The minimum absolute atomic E-state index is 0.505. The van der Waals surface area contributed by atoms with Crippen molar-refractivity contribution in [3.63, 3.8) is 0 Å². The molecule has 0 amide bonds. The van der Waals surface area contributed by atoms with Crippen LogP contribution in [0.1, 0.15) is 31.3 Å². The van der Waals surface area contributed by atoms with E-state index in [1.165, 1.54) is 4.88 Å². The average molecular weight is 271 g/mol. The molecule has 1 rings (SSSR count). The van der Waals surface area contributed by atoms with Crippen LogP contribution in [0, 0.1) is 6.92 Å². The lowest BCUT2D eigenvalue weighted by atomic mass is 10.3. The first kappa shape index (κ1) is 15.4. The van der Waals surface area contributed by atoms with Crippen LogP contribution >= 0.6 is 11.3 Å². The van der Waals surface area contributed by atoms with Gasteiger partial charge in [-0.25, -0.2) is 4.98 Å². The molecule has 0 atom stereocenters. The van der Waals surface area contributed by atoms with E-state index in [1.807, 2.05) is 6.92 Å². The van der Waals surface area contributed by atoms with E-state index in [-0.39, 0.29) is 0 Å². The van der Waals surface area contributed by atoms with Gasteiger partial charge in [0.05, 0.1) is 12.3 Å². The minimum Gasteiger partial charge on any atom is -0.380 e. The van der Waals surface area contributed by atoms with E-state index in [4.69, 9.17) is 4.74 Å². The summed E-state index contributed by atoms with van der Waals surface area (Å²) in [6.07, 6.45) is 0. The van der Waals surface area contributed by atoms with E-state index in [2.05, 4.69) is 43.0 Å². The Morgan fingerprint density at radius 1 is 1.44 bits per heavy atom. The van der Waals surface area contributed by atoms with Gasteiger partial charge in [-0.1, -0.05) is 13.8 Å². The number of anilines is 1. The van der Waals surface area contributed by atoms with Crippen LogP contribution in [-0.2, 0) is 11.3 Å². The van der Waals surface area contributed by atoms with Crippen molar-refractivity contribution in [1.29, 1.82) is 0 Å². The molecule has 1 N–H and O–H groups in total. The number of ether oxygens (including phenoxy) is 1. The maximum absolute atomic E-state index is 5.36. The van der Waals surface area contributed by atoms with E-state index in [9.17, 15) is 0 Å². The first-order valence-corrected chi connectivity index (χ1v) is 7.34. The predicted octanol–water partition coefficient (Wildman–Crippen LogP) is 2.42. The molecule has 0 aromatic carbocycles. The molecule has 0 bridgehead atoms. The second-order valence-electron chi connectivity index (χ2n) is 4.66. The maximum Gasteiger partial charge on any atom is 0.185 e. The largest absolute Gasteiger partial charge is 0.380 e. The SMILES string of the molecule is CCOCCN(C)c1nc(C)c(CNC(C)C)s1. The molecule has 0 aliphatic rings. The van der Waals surface area contributed by atoms with Crippen LogP contribution in [0.15, 0.2) is 0 Å². The highest BCUT2D eigenvalue weighted by atomic mass is 32.1. The fourth-order valence-corrected chi connectivity index (χ4v) is 2.48. The molecule has 1 aromatic heterocycles. The van der Waals surface area contributed by atoms with E-state index in [0.29, 0.717) is 6.04 Å². The summed E-state index contributed by atoms with van der Waals surface area (Å²) < 4.78 is 5.36. The lowest BCUT2D eigenvalue weighted by Gasteiger charge is -2.15. The molecule has 5 heteroatoms. The van der Waals surface area contributed by atoms with Gasteiger partial charge in [0.25, 0.3) is 0 Å². The van der Waals surface area contributed by atoms with Gasteiger partial charge in [-0.2, -0.15) is 0 Å². The third kappa shape index (κ3) is 4.92. The van der Waals surface area contributed by atoms with Gasteiger partial charge in [-0.05, 0) is 13.8 Å². The molecule has 0 saturated carbocycles. The molecule has 1 heterocycles. The Hall–Kier alpha value is -0.650. The van der Waals surface area contributed by atoms with Crippen molar-refractivity contribution in [3.8, 4) is 0 Å². The summed E-state index contributed by atoms with van der Waals surface area (Å²) in [6.45, 7) is 11.7. The number of aryl methyl sites for hydroxylation is 1. The molecular weight excluding hydrogens is 246 g/mol. The lowest BCUT2D eigenvalue weighted by Crippen LogP contribution is -2.22. The molecule has 0 saturated heterocycles. The van der Waals surface area contributed by atoms with E-state index < -0.39 is 0 Å². The number of nitrogens with one attached hydrogen (secondary N) is 1. The standard InChI is InChI=1S/C13H25N3OS/c1-6-17-8-7-16(5)13-15-11(4)12(18-13)9-14-10(2)3/h10,14H,6-9H2,1-5H3. The number of likely N-dealkylation sites (N-methyl/N-ethyl adjacent to an activating group) is 1. The number of nitrogens with zero attached hydrogens (tertiary/aromatic N) is 2. The summed E-state index contributed by atoms with van der Waals surface area (Å²) in [5, 5.41) is 4.51. The highest BCUT2D eigenvalue weighted by molar-refractivity contribution is 7.15. The highest BCUT2D eigenvalue weighted by Gasteiger charge is 2.11. The molecule has 4 nitrogen and oxygen atoms in total. The van der Waals surface area contributed by atoms with Crippen molar-refractivity contribution in [3.05, 3.63) is 10.6 Å². The lowest BCUT2D eigenvalue weighted by molar-refractivity contribution is 0.154. The van der Waals surface area contributed by atoms with Crippen molar-refractivity contribution >= 4 is 16.5 Å². The molecule has 0 radical (unpaired) electrons. The van der Waals surface area contributed by atoms with Gasteiger partial charge in [0.1, 0.15) is 0 Å². The van der Waals surface area contributed by atoms with Crippen molar-refractivity contribution in [2.45, 2.75) is 40.3 Å². The Morgan fingerprint density at radius 2 is 2.17 bits per heavy atom. The molecule has 18 heavy (non-hydrogen) atoms. The Morgan fingerprint density at radius 3 is 2.78 bits per heavy atom. The zero-order valence-corrected chi connectivity index (χ0v) is 12.9. The topological polar surface area (TPSA) is 37.4 Å². The van der Waals surface area contributed by atoms with Crippen LogP contribution in [0.3, 0.4) is 0 Å². The summed E-state index contributed by atoms with van der Waals surface area (Å²) in [5.74, 6) is 0. The number of hydrogen-bond acceptors (Lipinski definition) is 5. The Labute approximate surface area is 114 Å². The fourth-order valence-electron chi connectivity index (χ4n) is 1.48. The molecule has 0 fully saturated rings. The number of thiazole rings is 1. The van der Waals surface area contributed by atoms with Crippen LogP contribution in [0.5, 0.6) is 0 Å². The van der Waals surface area contributed by atoms with Gasteiger partial charge >= 0.3 is 0 Å². The zero-order valence-electron chi connectivity index (χ0n) is 12.1. The summed E-state index contributed by atoms with van der Waals surface area (Å²) in [6, 6.07) is 0.505. The zero-order chi connectivity index (χ0) is 13.5. The van der Waals surface area contributed by atoms with Gasteiger partial charge in [0, 0.05) is 37.7 Å². The predicted molar refractivity (Wildman–Crippen MR) is 78.6 cm³/mol. The Balaban J connectivity index is 2.53. The third-order valence-electron chi connectivity index (χ3n) is 2.65. The summed E-state index contributed by atoms with van der Waals surface area (Å²) in [5.41, 5.74) is 1.13. The third-order valence-corrected chi connectivity index (χ3v) is 3.93. The van der Waals surface area contributed by atoms with Gasteiger partial charge in [0.2, 0.25) is 0 Å². The van der Waals surface area contributed by atoms with E-state index >= 15 is 0 Å². The fraction of sp³-hybridized carbons (Fsp3) is 0.769. The molecule has 104 valence electrons. The number of hydrogen-bond donors (Lipinski definition) is 1. The smallest absolute Gasteiger partial charge is 0.185 e. The molecule has 0 aliphatic heterocycles. The highest BCUT2D eigenvalue weighted by Crippen LogP contribution is 2.25. The quantitative estimate of drug-likeness (QED) is 0.737. The van der Waals surface area contributed by atoms with Crippen LogP contribution in [-0.4, -0.2) is 37.8 Å². The van der Waals surface area contributed by atoms with Crippen molar-refractivity contribution in [1.82, 2.24) is 10.3 Å². The van der Waals surface area contributed by atoms with Crippen LogP contribution in [0.25, 0.3) is 0 Å². The van der Waals surface area contributed by atoms with Crippen LogP contribution < -0.4 is 10.2 Å². The second kappa shape index (κ2) is 7.71. The van der Waals surface area contributed by atoms with Gasteiger partial charge < -0.3 is 15.0 Å². The van der Waals surface area contributed by atoms with E-state index in [1.54, 1.807) is 11.3 Å². The number of aromatic nitrogens is 1. The second-order valence-corrected chi connectivity index (χ2v) is 5.72. The molecule has 1 aromatic rings. The normalized spacial score (nSPS) is 11.2. The first-order valence-electron chi connectivity index (χ1n) is 6.53. The summed E-state index contributed by atoms with van der Waals surface area (Å²) in [7, 11) is 2.07. The average Bonchev–Trinajstić information content (AvgIpc) is 2.68. The molecule has 0 aliphatic carbocycles. The van der Waals surface area contributed by atoms with Gasteiger partial charge in [-0.15, -0.1) is 11.3 Å². The van der Waals surface area contributed by atoms with Gasteiger partial charge in [-0.3, -0.25) is 0 Å². The molecule has 0 unspecified atom stereocenters. The maximum atomic E-state index is 5.36. The van der Waals surface area contributed by atoms with Crippen molar-refractivity contribution in [2.75, 3.05) is 31.7 Å². The van der Waals surface area contributed by atoms with Crippen LogP contribution in [0.4, 0.5) is 5.13 Å².